The van der Waals surface area contributed by atoms with E-state index in [1.807, 2.05) is 5.41 Å². The number of hydrogen-bond donors (Lipinski definition) is 1. The highest BCUT2D eigenvalue weighted by atomic mass is 35.5. The van der Waals surface area contributed by atoms with Gasteiger partial charge in [-0.15, -0.1) is 36.6 Å². The zero-order valence-corrected chi connectivity index (χ0v) is 6.43. The minimum atomic E-state index is 0. The summed E-state index contributed by atoms with van der Waals surface area (Å²) in [4.78, 5) is 0. The monoisotopic (exact) mass is 175 g/mol. The van der Waals surface area contributed by atoms with Gasteiger partial charge in [-0.2, -0.15) is 0 Å². The molecular formula is C3H7Cl2NOS. The maximum Gasteiger partial charge on any atom is 0.0941 e. The first-order chi connectivity index (χ1) is 2.89. The number of rotatable bonds is 0. The summed E-state index contributed by atoms with van der Waals surface area (Å²) in [5, 5.41) is 11.4. The highest BCUT2D eigenvalue weighted by Crippen LogP contribution is 2.11. The molecule has 0 spiro atoms. The zero-order chi connectivity index (χ0) is 4.41. The van der Waals surface area contributed by atoms with Crippen molar-refractivity contribution in [1.82, 2.24) is 5.06 Å². The van der Waals surface area contributed by atoms with Crippen LogP contribution >= 0.6 is 36.6 Å². The molecule has 0 fully saturated rings. The SMILES string of the molecule is Cl.Cl.ON1C=CSC1. The van der Waals surface area contributed by atoms with Crippen molar-refractivity contribution in [2.24, 2.45) is 0 Å². The number of thioether (sulfide) groups is 1. The van der Waals surface area contributed by atoms with Crippen LogP contribution in [-0.2, 0) is 0 Å². The fourth-order valence-corrected chi connectivity index (χ4v) is 0.827. The molecule has 5 heteroatoms. The van der Waals surface area contributed by atoms with Gasteiger partial charge in [0.2, 0.25) is 0 Å². The fourth-order valence-electron chi connectivity index (χ4n) is 0.276. The highest BCUT2D eigenvalue weighted by Gasteiger charge is 1.95. The third-order valence-corrected chi connectivity index (χ3v) is 1.26. The molecule has 1 aliphatic rings. The Morgan fingerprint density at radius 3 is 2.25 bits per heavy atom. The van der Waals surface area contributed by atoms with Crippen LogP contribution in [0, 0.1) is 0 Å². The van der Waals surface area contributed by atoms with E-state index in [9.17, 15) is 0 Å². The first-order valence-electron chi connectivity index (χ1n) is 1.63. The maximum absolute atomic E-state index is 8.45. The van der Waals surface area contributed by atoms with E-state index in [1.165, 1.54) is 0 Å². The van der Waals surface area contributed by atoms with Crippen molar-refractivity contribution in [3.8, 4) is 0 Å². The molecule has 0 aromatic rings. The molecule has 1 N–H and O–H groups in total. The molecule has 0 saturated carbocycles. The van der Waals surface area contributed by atoms with Gasteiger partial charge in [0, 0.05) is 6.20 Å². The molecule has 0 unspecified atom stereocenters. The van der Waals surface area contributed by atoms with Crippen molar-refractivity contribution < 1.29 is 5.21 Å². The van der Waals surface area contributed by atoms with E-state index in [4.69, 9.17) is 5.21 Å². The zero-order valence-electron chi connectivity index (χ0n) is 3.98. The molecule has 1 rings (SSSR count). The Kier molecular flexibility index (Phi) is 7.83. The normalized spacial score (nSPS) is 14.9. The summed E-state index contributed by atoms with van der Waals surface area (Å²) >= 11 is 1.58. The van der Waals surface area contributed by atoms with Gasteiger partial charge in [-0.1, -0.05) is 0 Å². The Hall–Kier alpha value is 0.430. The first-order valence-corrected chi connectivity index (χ1v) is 2.68. The summed E-state index contributed by atoms with van der Waals surface area (Å²) in [7, 11) is 0. The standard InChI is InChI=1S/C3H5NOS.2ClH/c5-4-1-2-6-3-4;;/h1-2,5H,3H2;2*1H. The quantitative estimate of drug-likeness (QED) is 0.607. The number of nitrogens with zero attached hydrogens (tertiary/aromatic N) is 1. The van der Waals surface area contributed by atoms with Crippen LogP contribution in [0.25, 0.3) is 0 Å². The Bertz CT molecular complexity index is 79.7. The van der Waals surface area contributed by atoms with Crippen LogP contribution in [0.5, 0.6) is 0 Å². The van der Waals surface area contributed by atoms with E-state index in [0.29, 0.717) is 5.88 Å². The van der Waals surface area contributed by atoms with Crippen LogP contribution < -0.4 is 0 Å². The van der Waals surface area contributed by atoms with Crippen LogP contribution in [0.2, 0.25) is 0 Å². The van der Waals surface area contributed by atoms with E-state index in [1.54, 1.807) is 18.0 Å². The van der Waals surface area contributed by atoms with E-state index < -0.39 is 0 Å². The lowest BCUT2D eigenvalue weighted by Crippen LogP contribution is -2.03. The average Bonchev–Trinajstić information content (AvgIpc) is 1.86. The molecule has 0 aromatic carbocycles. The van der Waals surface area contributed by atoms with Crippen molar-refractivity contribution >= 4 is 36.6 Å². The topological polar surface area (TPSA) is 23.5 Å². The van der Waals surface area contributed by atoms with Gasteiger partial charge in [0.1, 0.15) is 0 Å². The van der Waals surface area contributed by atoms with E-state index in [2.05, 4.69) is 0 Å². The number of halogens is 2. The Morgan fingerprint density at radius 1 is 1.50 bits per heavy atom. The third-order valence-electron chi connectivity index (χ3n) is 0.536. The van der Waals surface area contributed by atoms with Gasteiger partial charge in [0.05, 0.1) is 5.88 Å². The summed E-state index contributed by atoms with van der Waals surface area (Å²) in [5.74, 6) is 0.681. The molecule has 0 bridgehead atoms. The van der Waals surface area contributed by atoms with Crippen LogP contribution in [0.3, 0.4) is 0 Å². The van der Waals surface area contributed by atoms with Crippen LogP contribution in [-0.4, -0.2) is 16.1 Å². The minimum absolute atomic E-state index is 0. The minimum Gasteiger partial charge on any atom is -0.288 e. The second-order valence-corrected chi connectivity index (χ2v) is 1.88. The number of hydroxylamine groups is 2. The fraction of sp³-hybridized carbons (Fsp3) is 0.333. The number of hydrogen-bond acceptors (Lipinski definition) is 3. The molecule has 1 heterocycles. The summed E-state index contributed by atoms with van der Waals surface area (Å²) in [5.41, 5.74) is 0. The van der Waals surface area contributed by atoms with E-state index in [0.717, 1.165) is 5.06 Å². The van der Waals surface area contributed by atoms with Crippen molar-refractivity contribution in [2.45, 2.75) is 0 Å². The predicted molar refractivity (Wildman–Crippen MR) is 39.7 cm³/mol. The van der Waals surface area contributed by atoms with Gasteiger partial charge in [0.15, 0.2) is 0 Å². The second-order valence-electron chi connectivity index (χ2n) is 1.02. The molecular weight excluding hydrogens is 169 g/mol. The molecule has 0 amide bonds. The molecule has 0 atom stereocenters. The Balaban J connectivity index is 0. The molecule has 0 saturated heterocycles. The average molecular weight is 176 g/mol. The van der Waals surface area contributed by atoms with E-state index >= 15 is 0 Å². The largest absolute Gasteiger partial charge is 0.288 e. The van der Waals surface area contributed by atoms with Crippen LogP contribution in [0.1, 0.15) is 0 Å². The summed E-state index contributed by atoms with van der Waals surface area (Å²) in [6.07, 6.45) is 1.63. The van der Waals surface area contributed by atoms with Crippen molar-refractivity contribution in [2.75, 3.05) is 5.88 Å². The van der Waals surface area contributed by atoms with E-state index in [-0.39, 0.29) is 24.8 Å². The summed E-state index contributed by atoms with van der Waals surface area (Å²) < 4.78 is 0. The highest BCUT2D eigenvalue weighted by molar-refractivity contribution is 8.02. The van der Waals surface area contributed by atoms with Crippen molar-refractivity contribution in [1.29, 1.82) is 0 Å². The Labute approximate surface area is 64.7 Å². The molecule has 0 aliphatic carbocycles. The lowest BCUT2D eigenvalue weighted by molar-refractivity contribution is -0.0173. The van der Waals surface area contributed by atoms with Crippen molar-refractivity contribution in [3.63, 3.8) is 0 Å². The molecule has 50 valence electrons. The van der Waals surface area contributed by atoms with Crippen molar-refractivity contribution in [3.05, 3.63) is 11.6 Å². The van der Waals surface area contributed by atoms with Crippen LogP contribution in [0.15, 0.2) is 11.6 Å². The smallest absolute Gasteiger partial charge is 0.0941 e. The van der Waals surface area contributed by atoms with Gasteiger partial charge in [-0.05, 0) is 5.41 Å². The lowest BCUT2D eigenvalue weighted by atomic mass is 11.0. The van der Waals surface area contributed by atoms with Crippen LogP contribution in [0.4, 0.5) is 0 Å². The van der Waals surface area contributed by atoms with Gasteiger partial charge >= 0.3 is 0 Å². The molecule has 8 heavy (non-hydrogen) atoms. The van der Waals surface area contributed by atoms with Gasteiger partial charge < -0.3 is 0 Å². The lowest BCUT2D eigenvalue weighted by Gasteiger charge is -1.98. The summed E-state index contributed by atoms with van der Waals surface area (Å²) in [6, 6.07) is 0. The van der Waals surface area contributed by atoms with Gasteiger partial charge in [-0.25, -0.2) is 0 Å². The van der Waals surface area contributed by atoms with Gasteiger partial charge in [0.25, 0.3) is 0 Å². The third kappa shape index (κ3) is 3.43. The molecule has 0 radical (unpaired) electrons. The maximum atomic E-state index is 8.45. The Morgan fingerprint density at radius 2 is 2.12 bits per heavy atom. The first kappa shape index (κ1) is 11.3. The summed E-state index contributed by atoms with van der Waals surface area (Å²) in [6.45, 7) is 0. The van der Waals surface area contributed by atoms with Gasteiger partial charge in [-0.3, -0.25) is 10.3 Å². The predicted octanol–water partition coefficient (Wildman–Crippen LogP) is 1.70. The molecule has 1 aliphatic heterocycles. The molecule has 0 aromatic heterocycles. The molecule has 2 nitrogen and oxygen atoms in total. The second kappa shape index (κ2) is 5.56.